The van der Waals surface area contributed by atoms with Crippen molar-refractivity contribution >= 4 is 17.3 Å². The highest BCUT2D eigenvalue weighted by Crippen LogP contribution is 2.37. The quantitative estimate of drug-likeness (QED) is 0.635. The fourth-order valence-corrected chi connectivity index (χ4v) is 4.67. The lowest BCUT2D eigenvalue weighted by molar-refractivity contribution is -0.921. The third kappa shape index (κ3) is 4.32. The molecule has 33 heavy (non-hydrogen) atoms. The summed E-state index contributed by atoms with van der Waals surface area (Å²) in [6.45, 7) is 6.45. The molecule has 170 valence electrons. The van der Waals surface area contributed by atoms with Crippen LogP contribution in [0.2, 0.25) is 0 Å². The molecule has 2 aliphatic heterocycles. The summed E-state index contributed by atoms with van der Waals surface area (Å²) in [5.74, 6) is 0.872. The van der Waals surface area contributed by atoms with Crippen molar-refractivity contribution in [2.75, 3.05) is 43.6 Å². The Morgan fingerprint density at radius 2 is 1.82 bits per heavy atom. The number of ether oxygens (including phenoxy) is 2. The Morgan fingerprint density at radius 3 is 2.58 bits per heavy atom. The lowest BCUT2D eigenvalue weighted by Crippen LogP contribution is -3.12. The fourth-order valence-electron chi connectivity index (χ4n) is 4.67. The molecule has 3 aromatic rings. The lowest BCUT2D eigenvalue weighted by Gasteiger charge is -2.38. The van der Waals surface area contributed by atoms with Crippen molar-refractivity contribution in [3.8, 4) is 5.75 Å². The topological polar surface area (TPSA) is 55.2 Å². The van der Waals surface area contributed by atoms with E-state index in [1.54, 1.807) is 7.11 Å². The van der Waals surface area contributed by atoms with E-state index in [0.29, 0.717) is 5.56 Å². The first-order chi connectivity index (χ1) is 16.1. The molecule has 3 aromatic carbocycles. The van der Waals surface area contributed by atoms with Crippen LogP contribution in [0.4, 0.5) is 11.4 Å². The number of methoxy groups -OCH3 is 1. The smallest absolute Gasteiger partial charge is 0.262 e. The Hall–Kier alpha value is -3.35. The fraction of sp³-hybridized carbons (Fsp3) is 0.296. The number of hydrogen-bond acceptors (Lipinski definition) is 4. The third-order valence-corrected chi connectivity index (χ3v) is 6.50. The van der Waals surface area contributed by atoms with Gasteiger partial charge in [0.05, 0.1) is 25.9 Å². The molecule has 2 N–H and O–H groups in total. The van der Waals surface area contributed by atoms with Crippen LogP contribution < -0.4 is 19.9 Å². The number of morpholine rings is 1. The molecule has 0 spiro atoms. The largest absolute Gasteiger partial charge is 0.496 e. The van der Waals surface area contributed by atoms with Crippen LogP contribution in [0.25, 0.3) is 0 Å². The average Bonchev–Trinajstić information content (AvgIpc) is 2.85. The zero-order valence-electron chi connectivity index (χ0n) is 19.1. The zero-order chi connectivity index (χ0) is 22.8. The molecular formula is C27H30N3O3+. The van der Waals surface area contributed by atoms with Gasteiger partial charge in [-0.2, -0.15) is 0 Å². The normalized spacial score (nSPS) is 18.5. The number of benzene rings is 3. The first kappa shape index (κ1) is 21.5. The average molecular weight is 445 g/mol. The van der Waals surface area contributed by atoms with Gasteiger partial charge in [0.2, 0.25) is 0 Å². The summed E-state index contributed by atoms with van der Waals surface area (Å²) in [6, 6.07) is 22.1. The summed E-state index contributed by atoms with van der Waals surface area (Å²) in [4.78, 5) is 17.0. The van der Waals surface area contributed by atoms with Gasteiger partial charge in [-0.05, 0) is 48.9 Å². The third-order valence-electron chi connectivity index (χ3n) is 6.50. The number of amides is 1. The molecule has 0 radical (unpaired) electrons. The monoisotopic (exact) mass is 444 g/mol. The SMILES string of the molecule is COc1ccc([C@@H]2Nc3ccccc3C(=O)N2c2ccc(C)cc2)cc1C[NH+]1CCOCC1. The molecule has 6 heteroatoms. The van der Waals surface area contributed by atoms with Gasteiger partial charge in [0, 0.05) is 16.9 Å². The standard InChI is InChI=1S/C27H29N3O3/c1-19-7-10-22(11-8-19)30-26(28-24-6-4-3-5-23(24)27(30)31)20-9-12-25(32-2)21(17-20)18-29-13-15-33-16-14-29/h3-12,17,26,28H,13-16,18H2,1-2H3/p+1/t26-/m1/s1. The first-order valence-electron chi connectivity index (χ1n) is 11.5. The van der Waals surface area contributed by atoms with E-state index in [2.05, 4.69) is 24.4 Å². The molecule has 6 nitrogen and oxygen atoms in total. The first-order valence-corrected chi connectivity index (χ1v) is 11.5. The minimum Gasteiger partial charge on any atom is -0.496 e. The number of rotatable bonds is 5. The van der Waals surface area contributed by atoms with Crippen LogP contribution in [0.1, 0.15) is 33.2 Å². The molecule has 1 saturated heterocycles. The molecule has 1 atom stereocenters. The molecule has 0 aliphatic carbocycles. The highest BCUT2D eigenvalue weighted by molar-refractivity contribution is 6.12. The Balaban J connectivity index is 1.55. The summed E-state index contributed by atoms with van der Waals surface area (Å²) < 4.78 is 11.2. The number of quaternary nitrogens is 1. The predicted octanol–water partition coefficient (Wildman–Crippen LogP) is 3.19. The van der Waals surface area contributed by atoms with Crippen molar-refractivity contribution in [3.63, 3.8) is 0 Å². The number of fused-ring (bicyclic) bond motifs is 1. The van der Waals surface area contributed by atoms with E-state index in [0.717, 1.165) is 66.7 Å². The van der Waals surface area contributed by atoms with E-state index in [1.165, 1.54) is 4.90 Å². The molecule has 0 unspecified atom stereocenters. The van der Waals surface area contributed by atoms with Gasteiger partial charge < -0.3 is 19.7 Å². The van der Waals surface area contributed by atoms with Crippen LogP contribution in [-0.4, -0.2) is 39.3 Å². The zero-order valence-corrected chi connectivity index (χ0v) is 19.1. The van der Waals surface area contributed by atoms with Crippen LogP contribution in [0, 0.1) is 6.92 Å². The van der Waals surface area contributed by atoms with Crippen LogP contribution in [-0.2, 0) is 11.3 Å². The van der Waals surface area contributed by atoms with Crippen molar-refractivity contribution in [1.29, 1.82) is 0 Å². The maximum atomic E-state index is 13.7. The molecule has 1 fully saturated rings. The van der Waals surface area contributed by atoms with E-state index >= 15 is 0 Å². The number of carbonyl (C=O) groups excluding carboxylic acids is 1. The van der Waals surface area contributed by atoms with Gasteiger partial charge in [-0.15, -0.1) is 0 Å². The molecule has 2 heterocycles. The molecule has 0 aromatic heterocycles. The molecule has 0 saturated carbocycles. The molecular weight excluding hydrogens is 414 g/mol. The van der Waals surface area contributed by atoms with Gasteiger partial charge in [0.25, 0.3) is 5.91 Å². The number of hydrogen-bond donors (Lipinski definition) is 2. The van der Waals surface area contributed by atoms with E-state index in [-0.39, 0.29) is 12.1 Å². The maximum absolute atomic E-state index is 13.7. The van der Waals surface area contributed by atoms with Crippen LogP contribution >= 0.6 is 0 Å². The van der Waals surface area contributed by atoms with E-state index in [1.807, 2.05) is 59.5 Å². The second kappa shape index (κ2) is 9.25. The Kier molecular flexibility index (Phi) is 6.03. The second-order valence-corrected chi connectivity index (χ2v) is 8.71. The Morgan fingerprint density at radius 1 is 1.06 bits per heavy atom. The minimum absolute atomic E-state index is 0.00521. The number of nitrogens with zero attached hydrogens (tertiary/aromatic N) is 1. The van der Waals surface area contributed by atoms with Crippen molar-refractivity contribution in [2.45, 2.75) is 19.6 Å². The highest BCUT2D eigenvalue weighted by Gasteiger charge is 2.34. The second-order valence-electron chi connectivity index (χ2n) is 8.71. The number of aryl methyl sites for hydroxylation is 1. The summed E-state index contributed by atoms with van der Waals surface area (Å²) in [5.41, 5.74) is 5.74. The van der Waals surface area contributed by atoms with Gasteiger partial charge in [0.15, 0.2) is 0 Å². The Labute approximate surface area is 194 Å². The number of para-hydroxylation sites is 1. The van der Waals surface area contributed by atoms with Crippen molar-refractivity contribution < 1.29 is 19.2 Å². The van der Waals surface area contributed by atoms with Gasteiger partial charge >= 0.3 is 0 Å². The summed E-state index contributed by atoms with van der Waals surface area (Å²) >= 11 is 0. The van der Waals surface area contributed by atoms with Crippen LogP contribution in [0.5, 0.6) is 5.75 Å². The molecule has 1 amide bonds. The van der Waals surface area contributed by atoms with E-state index < -0.39 is 0 Å². The van der Waals surface area contributed by atoms with Crippen molar-refractivity contribution in [1.82, 2.24) is 0 Å². The predicted molar refractivity (Wildman–Crippen MR) is 129 cm³/mol. The van der Waals surface area contributed by atoms with Gasteiger partial charge in [-0.25, -0.2) is 0 Å². The van der Waals surface area contributed by atoms with Crippen molar-refractivity contribution in [3.05, 3.63) is 89.0 Å². The molecule has 2 aliphatic rings. The summed E-state index contributed by atoms with van der Waals surface area (Å²) in [5, 5.41) is 3.61. The van der Waals surface area contributed by atoms with Gasteiger partial charge in [-0.3, -0.25) is 9.69 Å². The van der Waals surface area contributed by atoms with Gasteiger partial charge in [0.1, 0.15) is 31.5 Å². The lowest BCUT2D eigenvalue weighted by atomic mass is 10.00. The van der Waals surface area contributed by atoms with Crippen LogP contribution in [0.15, 0.2) is 66.7 Å². The number of anilines is 2. The van der Waals surface area contributed by atoms with E-state index in [4.69, 9.17) is 9.47 Å². The number of nitrogens with one attached hydrogen (secondary N) is 2. The van der Waals surface area contributed by atoms with E-state index in [9.17, 15) is 4.79 Å². The van der Waals surface area contributed by atoms with Crippen LogP contribution in [0.3, 0.4) is 0 Å². The Bertz CT molecular complexity index is 1140. The highest BCUT2D eigenvalue weighted by atomic mass is 16.5. The minimum atomic E-state index is -0.320. The molecule has 5 rings (SSSR count). The maximum Gasteiger partial charge on any atom is 0.262 e. The summed E-state index contributed by atoms with van der Waals surface area (Å²) in [6.07, 6.45) is -0.320. The van der Waals surface area contributed by atoms with Crippen molar-refractivity contribution in [2.24, 2.45) is 0 Å². The van der Waals surface area contributed by atoms with Gasteiger partial charge in [-0.1, -0.05) is 35.9 Å². The summed E-state index contributed by atoms with van der Waals surface area (Å²) in [7, 11) is 1.71. The molecule has 0 bridgehead atoms. The number of carbonyl (C=O) groups is 1.